The van der Waals surface area contributed by atoms with Crippen molar-refractivity contribution in [1.82, 2.24) is 0 Å². The second kappa shape index (κ2) is 5.87. The number of aliphatic hydroxyl groups excluding tert-OH is 1. The first-order chi connectivity index (χ1) is 8.72. The molecule has 0 aromatic heterocycles. The average Bonchev–Trinajstić information content (AvgIpc) is 2.56. The zero-order chi connectivity index (χ0) is 13.0. The van der Waals surface area contributed by atoms with E-state index in [2.05, 4.69) is 9.64 Å². The first-order valence-electron chi connectivity index (χ1n) is 6.31. The molecule has 1 aliphatic heterocycles. The van der Waals surface area contributed by atoms with E-state index in [0.29, 0.717) is 13.0 Å². The maximum Gasteiger partial charge on any atom is 0.307 e. The van der Waals surface area contributed by atoms with Crippen molar-refractivity contribution in [2.75, 3.05) is 25.1 Å². The summed E-state index contributed by atoms with van der Waals surface area (Å²) in [7, 11) is 1.41. The Morgan fingerprint density at radius 2 is 2.28 bits per heavy atom. The SMILES string of the molecule is COC(=O)CCN1CCCC(O)c2ccccc21. The smallest absolute Gasteiger partial charge is 0.307 e. The Labute approximate surface area is 107 Å². The molecule has 18 heavy (non-hydrogen) atoms. The van der Waals surface area contributed by atoms with Crippen LogP contribution in [0, 0.1) is 0 Å². The van der Waals surface area contributed by atoms with Crippen molar-refractivity contribution in [1.29, 1.82) is 0 Å². The van der Waals surface area contributed by atoms with E-state index >= 15 is 0 Å². The normalized spacial score (nSPS) is 19.0. The lowest BCUT2D eigenvalue weighted by atomic mass is 10.0. The summed E-state index contributed by atoms with van der Waals surface area (Å²) in [6, 6.07) is 7.85. The minimum absolute atomic E-state index is 0.197. The molecule has 1 aromatic carbocycles. The summed E-state index contributed by atoms with van der Waals surface area (Å²) < 4.78 is 4.67. The Balaban J connectivity index is 2.15. The van der Waals surface area contributed by atoms with Crippen LogP contribution in [0.3, 0.4) is 0 Å². The monoisotopic (exact) mass is 249 g/mol. The van der Waals surface area contributed by atoms with E-state index in [0.717, 1.165) is 30.6 Å². The van der Waals surface area contributed by atoms with Crippen molar-refractivity contribution >= 4 is 11.7 Å². The predicted octanol–water partition coefficient (Wildman–Crippen LogP) is 1.88. The van der Waals surface area contributed by atoms with E-state index in [4.69, 9.17) is 0 Å². The summed E-state index contributed by atoms with van der Waals surface area (Å²) >= 11 is 0. The van der Waals surface area contributed by atoms with Crippen LogP contribution in [0.5, 0.6) is 0 Å². The lowest BCUT2D eigenvalue weighted by molar-refractivity contribution is -0.140. The molecule has 0 spiro atoms. The number of esters is 1. The zero-order valence-electron chi connectivity index (χ0n) is 10.6. The number of rotatable bonds is 3. The van der Waals surface area contributed by atoms with Gasteiger partial charge in [-0.05, 0) is 18.9 Å². The second-order valence-electron chi connectivity index (χ2n) is 4.53. The molecule has 1 aliphatic rings. The molecule has 0 amide bonds. The molecular formula is C14H19NO3. The molecule has 0 fully saturated rings. The van der Waals surface area contributed by atoms with Crippen LogP contribution in [0.1, 0.15) is 30.9 Å². The Bertz CT molecular complexity index is 419. The maximum absolute atomic E-state index is 11.2. The van der Waals surface area contributed by atoms with Crippen LogP contribution in [0.4, 0.5) is 5.69 Å². The van der Waals surface area contributed by atoms with Crippen LogP contribution >= 0.6 is 0 Å². The number of hydrogen-bond donors (Lipinski definition) is 1. The highest BCUT2D eigenvalue weighted by Crippen LogP contribution is 2.32. The minimum Gasteiger partial charge on any atom is -0.469 e. The number of ether oxygens (including phenoxy) is 1. The van der Waals surface area contributed by atoms with E-state index < -0.39 is 6.10 Å². The van der Waals surface area contributed by atoms with Gasteiger partial charge in [-0.2, -0.15) is 0 Å². The summed E-state index contributed by atoms with van der Waals surface area (Å²) in [5, 5.41) is 10.1. The number of nitrogens with zero attached hydrogens (tertiary/aromatic N) is 1. The van der Waals surface area contributed by atoms with E-state index in [1.54, 1.807) is 0 Å². The van der Waals surface area contributed by atoms with Crippen molar-refractivity contribution in [2.24, 2.45) is 0 Å². The van der Waals surface area contributed by atoms with Crippen LogP contribution in [-0.2, 0) is 9.53 Å². The third-order valence-electron chi connectivity index (χ3n) is 3.36. The lowest BCUT2D eigenvalue weighted by Crippen LogP contribution is -2.27. The van der Waals surface area contributed by atoms with Gasteiger partial charge in [-0.3, -0.25) is 4.79 Å². The van der Waals surface area contributed by atoms with Gasteiger partial charge in [-0.25, -0.2) is 0 Å². The lowest BCUT2D eigenvalue weighted by Gasteiger charge is -2.24. The molecule has 1 atom stereocenters. The molecule has 1 heterocycles. The van der Waals surface area contributed by atoms with Crippen LogP contribution < -0.4 is 4.90 Å². The number of aliphatic hydroxyl groups is 1. The molecule has 0 saturated carbocycles. The summed E-state index contributed by atoms with van der Waals surface area (Å²) in [5.74, 6) is -0.197. The molecule has 0 bridgehead atoms. The Morgan fingerprint density at radius 1 is 1.50 bits per heavy atom. The molecule has 1 unspecified atom stereocenters. The quantitative estimate of drug-likeness (QED) is 0.831. The fourth-order valence-corrected chi connectivity index (χ4v) is 2.37. The van der Waals surface area contributed by atoms with E-state index in [9.17, 15) is 9.90 Å². The van der Waals surface area contributed by atoms with E-state index in [1.807, 2.05) is 24.3 Å². The van der Waals surface area contributed by atoms with Gasteiger partial charge >= 0.3 is 5.97 Å². The third-order valence-corrected chi connectivity index (χ3v) is 3.36. The molecule has 0 radical (unpaired) electrons. The highest BCUT2D eigenvalue weighted by molar-refractivity contribution is 5.70. The number of carbonyl (C=O) groups is 1. The van der Waals surface area contributed by atoms with Gasteiger partial charge in [0.15, 0.2) is 0 Å². The van der Waals surface area contributed by atoms with E-state index in [1.165, 1.54) is 7.11 Å². The van der Waals surface area contributed by atoms with Crippen molar-refractivity contribution in [3.8, 4) is 0 Å². The number of fused-ring (bicyclic) bond motifs is 1. The highest BCUT2D eigenvalue weighted by atomic mass is 16.5. The molecule has 98 valence electrons. The molecule has 2 rings (SSSR count). The summed E-state index contributed by atoms with van der Waals surface area (Å²) in [4.78, 5) is 13.4. The first-order valence-corrected chi connectivity index (χ1v) is 6.31. The molecule has 0 saturated heterocycles. The van der Waals surface area contributed by atoms with Gasteiger partial charge in [-0.1, -0.05) is 18.2 Å². The molecule has 0 aliphatic carbocycles. The van der Waals surface area contributed by atoms with Gasteiger partial charge < -0.3 is 14.7 Å². The zero-order valence-corrected chi connectivity index (χ0v) is 10.6. The number of methoxy groups -OCH3 is 1. The predicted molar refractivity (Wildman–Crippen MR) is 69.5 cm³/mol. The molecule has 1 aromatic rings. The summed E-state index contributed by atoms with van der Waals surface area (Å²) in [5.41, 5.74) is 1.99. The Morgan fingerprint density at radius 3 is 3.06 bits per heavy atom. The Kier molecular flexibility index (Phi) is 4.20. The van der Waals surface area contributed by atoms with Crippen molar-refractivity contribution in [2.45, 2.75) is 25.4 Å². The number of carbonyl (C=O) groups excluding carboxylic acids is 1. The van der Waals surface area contributed by atoms with Gasteiger partial charge in [0.1, 0.15) is 0 Å². The fraction of sp³-hybridized carbons (Fsp3) is 0.500. The number of benzene rings is 1. The van der Waals surface area contributed by atoms with Gasteiger partial charge in [0.05, 0.1) is 19.6 Å². The topological polar surface area (TPSA) is 49.8 Å². The van der Waals surface area contributed by atoms with Gasteiger partial charge in [0, 0.05) is 24.3 Å². The summed E-state index contributed by atoms with van der Waals surface area (Å²) in [6.07, 6.45) is 1.67. The van der Waals surface area contributed by atoms with Crippen molar-refractivity contribution < 1.29 is 14.6 Å². The molecule has 4 heteroatoms. The third kappa shape index (κ3) is 2.82. The standard InChI is InChI=1S/C14H19NO3/c1-18-14(17)8-10-15-9-4-7-13(16)11-5-2-3-6-12(11)15/h2-3,5-6,13,16H,4,7-10H2,1H3. The van der Waals surface area contributed by atoms with E-state index in [-0.39, 0.29) is 5.97 Å². The molecule has 4 nitrogen and oxygen atoms in total. The second-order valence-corrected chi connectivity index (χ2v) is 4.53. The molecule has 1 N–H and O–H groups in total. The van der Waals surface area contributed by atoms with Crippen LogP contribution in [0.15, 0.2) is 24.3 Å². The van der Waals surface area contributed by atoms with Crippen molar-refractivity contribution in [3.63, 3.8) is 0 Å². The number of para-hydroxylation sites is 1. The Hall–Kier alpha value is -1.55. The summed E-state index contributed by atoms with van der Waals surface area (Å²) in [6.45, 7) is 1.50. The van der Waals surface area contributed by atoms with Gasteiger partial charge in [-0.15, -0.1) is 0 Å². The minimum atomic E-state index is -0.399. The number of hydrogen-bond acceptors (Lipinski definition) is 4. The molecular weight excluding hydrogens is 230 g/mol. The largest absolute Gasteiger partial charge is 0.469 e. The van der Waals surface area contributed by atoms with Gasteiger partial charge in [0.25, 0.3) is 0 Å². The average molecular weight is 249 g/mol. The fourth-order valence-electron chi connectivity index (χ4n) is 2.37. The first kappa shape index (κ1) is 12.9. The maximum atomic E-state index is 11.2. The van der Waals surface area contributed by atoms with Crippen LogP contribution in [0.2, 0.25) is 0 Å². The number of anilines is 1. The van der Waals surface area contributed by atoms with Crippen LogP contribution in [-0.4, -0.2) is 31.3 Å². The highest BCUT2D eigenvalue weighted by Gasteiger charge is 2.21. The van der Waals surface area contributed by atoms with Crippen molar-refractivity contribution in [3.05, 3.63) is 29.8 Å². The van der Waals surface area contributed by atoms with Crippen LogP contribution in [0.25, 0.3) is 0 Å². The van der Waals surface area contributed by atoms with Gasteiger partial charge in [0.2, 0.25) is 0 Å².